The lowest BCUT2D eigenvalue weighted by Crippen LogP contribution is -2.53. The van der Waals surface area contributed by atoms with E-state index in [1.807, 2.05) is 0 Å². The van der Waals surface area contributed by atoms with Crippen LogP contribution in [-0.2, 0) is 9.59 Å². The minimum Gasteiger partial charge on any atom is -0.355 e. The second-order valence-electron chi connectivity index (χ2n) is 8.05. The summed E-state index contributed by atoms with van der Waals surface area (Å²) in [5, 5.41) is 6.04. The molecule has 0 atom stereocenters. The van der Waals surface area contributed by atoms with Crippen LogP contribution in [0.15, 0.2) is 0 Å². The lowest BCUT2D eigenvalue weighted by atomic mass is 9.49. The van der Waals surface area contributed by atoms with E-state index in [1.54, 1.807) is 0 Å². The Hall–Kier alpha value is -1.06. The minimum absolute atomic E-state index is 0.0816. The van der Waals surface area contributed by atoms with Crippen LogP contribution in [0.4, 0.5) is 0 Å². The van der Waals surface area contributed by atoms with Crippen LogP contribution in [0.3, 0.4) is 0 Å². The summed E-state index contributed by atoms with van der Waals surface area (Å²) in [7, 11) is 0. The summed E-state index contributed by atoms with van der Waals surface area (Å²) >= 11 is 0. The molecule has 0 radical (unpaired) electrons. The maximum absolute atomic E-state index is 12.7. The molecule has 4 nitrogen and oxygen atoms in total. The number of hydrogen-bond acceptors (Lipinski definition) is 2. The van der Waals surface area contributed by atoms with Crippen molar-refractivity contribution in [3.05, 3.63) is 0 Å². The summed E-state index contributed by atoms with van der Waals surface area (Å²) < 4.78 is 0. The molecule has 5 saturated carbocycles. The third-order valence-corrected chi connectivity index (χ3v) is 6.10. The van der Waals surface area contributed by atoms with Crippen LogP contribution in [0.1, 0.15) is 57.8 Å². The Bertz CT molecular complexity index is 420. The van der Waals surface area contributed by atoms with Gasteiger partial charge in [-0.3, -0.25) is 9.59 Å². The van der Waals surface area contributed by atoms with Crippen LogP contribution in [0.5, 0.6) is 0 Å². The molecule has 0 aromatic carbocycles. The molecule has 0 aromatic rings. The third-order valence-electron chi connectivity index (χ3n) is 6.10. The van der Waals surface area contributed by atoms with Crippen molar-refractivity contribution in [2.75, 3.05) is 6.54 Å². The number of carbonyl (C=O) groups is 2. The SMILES string of the molecule is O=C(CCNC(=O)C12CC3CC(CC(C3)C1)C2)NC1CC1. The van der Waals surface area contributed by atoms with Gasteiger partial charge in [0.05, 0.1) is 0 Å². The Morgan fingerprint density at radius 1 is 0.952 bits per heavy atom. The maximum atomic E-state index is 12.7. The summed E-state index contributed by atoms with van der Waals surface area (Å²) in [6.45, 7) is 0.499. The van der Waals surface area contributed by atoms with Crippen molar-refractivity contribution in [1.82, 2.24) is 10.6 Å². The molecule has 116 valence electrons. The highest BCUT2D eigenvalue weighted by Crippen LogP contribution is 2.60. The summed E-state index contributed by atoms with van der Waals surface area (Å²) in [6.07, 6.45) is 10.0. The summed E-state index contributed by atoms with van der Waals surface area (Å²) in [6, 6.07) is 0.413. The van der Waals surface area contributed by atoms with E-state index in [0.717, 1.165) is 49.9 Å². The molecule has 0 unspecified atom stereocenters. The van der Waals surface area contributed by atoms with Crippen molar-refractivity contribution in [2.24, 2.45) is 23.2 Å². The predicted molar refractivity (Wildman–Crippen MR) is 79.4 cm³/mol. The van der Waals surface area contributed by atoms with Gasteiger partial charge in [-0.15, -0.1) is 0 Å². The molecule has 5 rings (SSSR count). The molecule has 0 heterocycles. The molecule has 5 aliphatic carbocycles. The van der Waals surface area contributed by atoms with Gasteiger partial charge in [-0.25, -0.2) is 0 Å². The van der Waals surface area contributed by atoms with Crippen molar-refractivity contribution in [1.29, 1.82) is 0 Å². The monoisotopic (exact) mass is 290 g/mol. The maximum Gasteiger partial charge on any atom is 0.226 e. The Morgan fingerprint density at radius 3 is 2.05 bits per heavy atom. The van der Waals surface area contributed by atoms with Crippen molar-refractivity contribution < 1.29 is 9.59 Å². The van der Waals surface area contributed by atoms with Crippen molar-refractivity contribution >= 4 is 11.8 Å². The Kier molecular flexibility index (Phi) is 3.23. The van der Waals surface area contributed by atoms with E-state index in [1.165, 1.54) is 19.3 Å². The lowest BCUT2D eigenvalue weighted by molar-refractivity contribution is -0.146. The van der Waals surface area contributed by atoms with E-state index in [-0.39, 0.29) is 17.2 Å². The molecule has 5 fully saturated rings. The average molecular weight is 290 g/mol. The van der Waals surface area contributed by atoms with Gasteiger partial charge in [0.15, 0.2) is 0 Å². The van der Waals surface area contributed by atoms with Gasteiger partial charge in [0.2, 0.25) is 11.8 Å². The predicted octanol–water partition coefficient (Wildman–Crippen LogP) is 1.99. The van der Waals surface area contributed by atoms with Gasteiger partial charge in [0, 0.05) is 24.4 Å². The normalized spacial score (nSPS) is 40.1. The quantitative estimate of drug-likeness (QED) is 0.813. The van der Waals surface area contributed by atoms with Crippen LogP contribution in [0, 0.1) is 23.2 Å². The molecule has 4 bridgehead atoms. The van der Waals surface area contributed by atoms with Crippen LogP contribution in [0.25, 0.3) is 0 Å². The average Bonchev–Trinajstić information content (AvgIpc) is 3.20. The topological polar surface area (TPSA) is 58.2 Å². The standard InChI is InChI=1S/C17H26N2O2/c20-15(19-14-1-2-14)3-4-18-16(21)17-8-11-5-12(9-17)7-13(6-11)10-17/h11-14H,1-10H2,(H,18,21)(H,19,20). The van der Waals surface area contributed by atoms with Gasteiger partial charge in [-0.05, 0) is 69.1 Å². The fraction of sp³-hybridized carbons (Fsp3) is 0.882. The van der Waals surface area contributed by atoms with Gasteiger partial charge in [0.1, 0.15) is 0 Å². The molecule has 2 amide bonds. The molecule has 5 aliphatic rings. The molecule has 4 heteroatoms. The summed E-state index contributed by atoms with van der Waals surface area (Å²) in [5.41, 5.74) is -0.0816. The van der Waals surface area contributed by atoms with Gasteiger partial charge in [0.25, 0.3) is 0 Å². The number of hydrogen-bond donors (Lipinski definition) is 2. The second kappa shape index (κ2) is 4.99. The molecule has 0 aromatic heterocycles. The first-order valence-electron chi connectivity index (χ1n) is 8.71. The lowest BCUT2D eigenvalue weighted by Gasteiger charge is -2.55. The zero-order valence-corrected chi connectivity index (χ0v) is 12.7. The highest BCUT2D eigenvalue weighted by atomic mass is 16.2. The van der Waals surface area contributed by atoms with E-state index >= 15 is 0 Å². The Balaban J connectivity index is 1.29. The largest absolute Gasteiger partial charge is 0.355 e. The van der Waals surface area contributed by atoms with Crippen molar-refractivity contribution in [2.45, 2.75) is 63.8 Å². The van der Waals surface area contributed by atoms with Gasteiger partial charge >= 0.3 is 0 Å². The first kappa shape index (κ1) is 13.6. The van der Waals surface area contributed by atoms with Crippen LogP contribution in [-0.4, -0.2) is 24.4 Å². The molecule has 0 spiro atoms. The fourth-order valence-electron chi connectivity index (χ4n) is 5.39. The van der Waals surface area contributed by atoms with Crippen molar-refractivity contribution in [3.63, 3.8) is 0 Å². The molecular weight excluding hydrogens is 264 g/mol. The van der Waals surface area contributed by atoms with Crippen LogP contribution in [0.2, 0.25) is 0 Å². The van der Waals surface area contributed by atoms with Crippen LogP contribution >= 0.6 is 0 Å². The van der Waals surface area contributed by atoms with E-state index in [9.17, 15) is 9.59 Å². The van der Waals surface area contributed by atoms with Gasteiger partial charge < -0.3 is 10.6 Å². The van der Waals surface area contributed by atoms with E-state index < -0.39 is 0 Å². The summed E-state index contributed by atoms with van der Waals surface area (Å²) in [4.78, 5) is 24.3. The zero-order chi connectivity index (χ0) is 14.4. The number of rotatable bonds is 5. The van der Waals surface area contributed by atoms with Gasteiger partial charge in [-0.1, -0.05) is 0 Å². The van der Waals surface area contributed by atoms with Gasteiger partial charge in [-0.2, -0.15) is 0 Å². The highest BCUT2D eigenvalue weighted by Gasteiger charge is 2.54. The number of nitrogens with one attached hydrogen (secondary N) is 2. The number of amides is 2. The Labute approximate surface area is 126 Å². The fourth-order valence-corrected chi connectivity index (χ4v) is 5.39. The smallest absolute Gasteiger partial charge is 0.226 e. The summed E-state index contributed by atoms with van der Waals surface area (Å²) in [5.74, 6) is 2.70. The van der Waals surface area contributed by atoms with E-state index in [2.05, 4.69) is 10.6 Å². The number of carbonyl (C=O) groups excluding carboxylic acids is 2. The third kappa shape index (κ3) is 2.69. The van der Waals surface area contributed by atoms with E-state index in [4.69, 9.17) is 0 Å². The molecule has 21 heavy (non-hydrogen) atoms. The van der Waals surface area contributed by atoms with E-state index in [0.29, 0.717) is 19.0 Å². The second-order valence-corrected chi connectivity index (χ2v) is 8.05. The highest BCUT2D eigenvalue weighted by molar-refractivity contribution is 5.84. The molecular formula is C17H26N2O2. The minimum atomic E-state index is -0.0816. The first-order valence-corrected chi connectivity index (χ1v) is 8.71. The molecule has 0 aliphatic heterocycles. The molecule has 0 saturated heterocycles. The van der Waals surface area contributed by atoms with Crippen molar-refractivity contribution in [3.8, 4) is 0 Å². The first-order chi connectivity index (χ1) is 10.1. The molecule has 2 N–H and O–H groups in total. The van der Waals surface area contributed by atoms with Crippen LogP contribution < -0.4 is 10.6 Å². The zero-order valence-electron chi connectivity index (χ0n) is 12.7. The Morgan fingerprint density at radius 2 is 1.52 bits per heavy atom.